The molecule has 0 aliphatic carbocycles. The molecule has 0 bridgehead atoms. The maximum absolute atomic E-state index is 10.7. The molecule has 0 aliphatic rings. The van der Waals surface area contributed by atoms with Crippen molar-refractivity contribution in [2.24, 2.45) is 5.16 Å². The summed E-state index contributed by atoms with van der Waals surface area (Å²) in [5, 5.41) is 3.44. The third-order valence-corrected chi connectivity index (χ3v) is 0.924. The standard InChI is InChI=1S/C7H13NO4/c1-4-11-7(9)5-12-6(2)8-10-3/h4-5H2,1-3H3/b8-6-. The monoisotopic (exact) mass is 175 g/mol. The van der Waals surface area contributed by atoms with Crippen molar-refractivity contribution in [1.29, 1.82) is 0 Å². The van der Waals surface area contributed by atoms with Crippen LogP contribution in [0.5, 0.6) is 0 Å². The largest absolute Gasteiger partial charge is 0.467 e. The topological polar surface area (TPSA) is 57.1 Å². The van der Waals surface area contributed by atoms with Crippen molar-refractivity contribution in [3.63, 3.8) is 0 Å². The molecule has 0 fully saturated rings. The van der Waals surface area contributed by atoms with Gasteiger partial charge in [-0.2, -0.15) is 0 Å². The van der Waals surface area contributed by atoms with Gasteiger partial charge in [-0.05, 0) is 6.92 Å². The maximum Gasteiger partial charge on any atom is 0.344 e. The molecule has 0 rings (SSSR count). The van der Waals surface area contributed by atoms with Crippen molar-refractivity contribution in [3.8, 4) is 0 Å². The van der Waals surface area contributed by atoms with Crippen LogP contribution in [-0.2, 0) is 19.1 Å². The summed E-state index contributed by atoms with van der Waals surface area (Å²) in [7, 11) is 1.40. The summed E-state index contributed by atoms with van der Waals surface area (Å²) in [6.07, 6.45) is 0. The summed E-state index contributed by atoms with van der Waals surface area (Å²) in [6, 6.07) is 0. The van der Waals surface area contributed by atoms with Gasteiger partial charge in [0.25, 0.3) is 0 Å². The molecule has 12 heavy (non-hydrogen) atoms. The highest BCUT2D eigenvalue weighted by atomic mass is 16.6. The normalized spacial score (nSPS) is 10.8. The molecular formula is C7H13NO4. The predicted molar refractivity (Wildman–Crippen MR) is 42.7 cm³/mol. The van der Waals surface area contributed by atoms with Crippen molar-refractivity contribution in [1.82, 2.24) is 0 Å². The summed E-state index contributed by atoms with van der Waals surface area (Å²) < 4.78 is 9.46. The zero-order valence-corrected chi connectivity index (χ0v) is 7.49. The summed E-state index contributed by atoms with van der Waals surface area (Å²) in [5.41, 5.74) is 0. The van der Waals surface area contributed by atoms with Gasteiger partial charge >= 0.3 is 5.97 Å². The fourth-order valence-corrected chi connectivity index (χ4v) is 0.521. The smallest absolute Gasteiger partial charge is 0.344 e. The van der Waals surface area contributed by atoms with Crippen LogP contribution < -0.4 is 0 Å². The van der Waals surface area contributed by atoms with Gasteiger partial charge in [0.1, 0.15) is 7.11 Å². The van der Waals surface area contributed by atoms with E-state index in [4.69, 9.17) is 4.74 Å². The lowest BCUT2D eigenvalue weighted by Gasteiger charge is -2.03. The molecule has 0 saturated carbocycles. The van der Waals surface area contributed by atoms with Gasteiger partial charge in [-0.3, -0.25) is 0 Å². The Hall–Kier alpha value is -1.26. The molecule has 0 heterocycles. The molecule has 0 spiro atoms. The Morgan fingerprint density at radius 1 is 1.42 bits per heavy atom. The van der Waals surface area contributed by atoms with Crippen LogP contribution in [-0.4, -0.2) is 32.2 Å². The molecule has 0 amide bonds. The fraction of sp³-hybridized carbons (Fsp3) is 0.714. The first kappa shape index (κ1) is 10.7. The predicted octanol–water partition coefficient (Wildman–Crippen LogP) is 0.546. The zero-order valence-electron chi connectivity index (χ0n) is 7.49. The van der Waals surface area contributed by atoms with Crippen LogP contribution in [0.15, 0.2) is 5.16 Å². The van der Waals surface area contributed by atoms with Gasteiger partial charge in [0, 0.05) is 6.92 Å². The number of hydrogen-bond donors (Lipinski definition) is 0. The number of rotatable bonds is 4. The summed E-state index contributed by atoms with van der Waals surface area (Å²) in [6.45, 7) is 3.53. The Morgan fingerprint density at radius 3 is 2.58 bits per heavy atom. The maximum atomic E-state index is 10.7. The van der Waals surface area contributed by atoms with E-state index >= 15 is 0 Å². The lowest BCUT2D eigenvalue weighted by atomic mass is 10.7. The second-order valence-corrected chi connectivity index (χ2v) is 1.89. The molecule has 0 atom stereocenters. The number of oxime groups is 1. The third kappa shape index (κ3) is 5.52. The summed E-state index contributed by atoms with van der Waals surface area (Å²) in [4.78, 5) is 15.1. The third-order valence-electron chi connectivity index (χ3n) is 0.924. The lowest BCUT2D eigenvalue weighted by Crippen LogP contribution is -2.14. The van der Waals surface area contributed by atoms with Crippen LogP contribution in [0, 0.1) is 0 Å². The van der Waals surface area contributed by atoms with E-state index in [-0.39, 0.29) is 6.61 Å². The van der Waals surface area contributed by atoms with Crippen molar-refractivity contribution < 1.29 is 19.1 Å². The Labute approximate surface area is 71.3 Å². The highest BCUT2D eigenvalue weighted by molar-refractivity contribution is 5.77. The number of carbonyl (C=O) groups is 1. The number of nitrogens with zero attached hydrogens (tertiary/aromatic N) is 1. The lowest BCUT2D eigenvalue weighted by molar-refractivity contribution is -0.145. The van der Waals surface area contributed by atoms with Crippen LogP contribution in [0.1, 0.15) is 13.8 Å². The highest BCUT2D eigenvalue weighted by Crippen LogP contribution is 1.85. The quantitative estimate of drug-likeness (QED) is 0.271. The molecular weight excluding hydrogens is 162 g/mol. The Kier molecular flexibility index (Phi) is 5.77. The molecule has 0 aliphatic heterocycles. The molecule has 0 aromatic carbocycles. The van der Waals surface area contributed by atoms with Crippen LogP contribution in [0.25, 0.3) is 0 Å². The Bertz CT molecular complexity index is 167. The molecule has 5 heteroatoms. The van der Waals surface area contributed by atoms with Crippen LogP contribution in [0.2, 0.25) is 0 Å². The first-order chi connectivity index (χ1) is 5.70. The average Bonchev–Trinajstić information content (AvgIpc) is 2.02. The van der Waals surface area contributed by atoms with Crippen LogP contribution in [0.4, 0.5) is 0 Å². The van der Waals surface area contributed by atoms with E-state index in [2.05, 4.69) is 14.7 Å². The van der Waals surface area contributed by atoms with E-state index in [0.717, 1.165) is 0 Å². The highest BCUT2D eigenvalue weighted by Gasteiger charge is 2.02. The van der Waals surface area contributed by atoms with Gasteiger partial charge in [-0.25, -0.2) is 4.79 Å². The molecule has 0 N–H and O–H groups in total. The van der Waals surface area contributed by atoms with Crippen LogP contribution in [0.3, 0.4) is 0 Å². The fourth-order valence-electron chi connectivity index (χ4n) is 0.521. The molecule has 0 saturated heterocycles. The van der Waals surface area contributed by atoms with E-state index in [1.165, 1.54) is 7.11 Å². The van der Waals surface area contributed by atoms with Gasteiger partial charge in [-0.15, -0.1) is 0 Å². The molecule has 0 aromatic rings. The summed E-state index contributed by atoms with van der Waals surface area (Å²) >= 11 is 0. The van der Waals surface area contributed by atoms with Gasteiger partial charge in [0.15, 0.2) is 6.61 Å². The number of hydrogen-bond acceptors (Lipinski definition) is 5. The molecule has 5 nitrogen and oxygen atoms in total. The van der Waals surface area contributed by atoms with E-state index in [1.807, 2.05) is 0 Å². The minimum absolute atomic E-state index is 0.132. The van der Waals surface area contributed by atoms with E-state index in [1.54, 1.807) is 13.8 Å². The molecule has 0 unspecified atom stereocenters. The number of esters is 1. The zero-order chi connectivity index (χ0) is 9.40. The second kappa shape index (κ2) is 6.45. The number of carbonyl (C=O) groups excluding carboxylic acids is 1. The van der Waals surface area contributed by atoms with Gasteiger partial charge in [-0.1, -0.05) is 5.16 Å². The Morgan fingerprint density at radius 2 is 2.08 bits per heavy atom. The second-order valence-electron chi connectivity index (χ2n) is 1.89. The first-order valence-corrected chi connectivity index (χ1v) is 3.56. The van der Waals surface area contributed by atoms with Crippen molar-refractivity contribution in [3.05, 3.63) is 0 Å². The van der Waals surface area contributed by atoms with E-state index in [0.29, 0.717) is 12.5 Å². The molecule has 0 aromatic heterocycles. The van der Waals surface area contributed by atoms with E-state index < -0.39 is 5.97 Å². The van der Waals surface area contributed by atoms with Crippen molar-refractivity contribution in [2.75, 3.05) is 20.3 Å². The van der Waals surface area contributed by atoms with Crippen molar-refractivity contribution in [2.45, 2.75) is 13.8 Å². The van der Waals surface area contributed by atoms with E-state index in [9.17, 15) is 4.79 Å². The first-order valence-electron chi connectivity index (χ1n) is 3.56. The van der Waals surface area contributed by atoms with Crippen LogP contribution >= 0.6 is 0 Å². The SMILES string of the molecule is CCOC(=O)CO/C(C)=N\OC. The summed E-state index contributed by atoms with van der Waals surface area (Å²) in [5.74, 6) is -0.117. The molecule has 70 valence electrons. The number of ether oxygens (including phenoxy) is 2. The van der Waals surface area contributed by atoms with Gasteiger partial charge in [0.2, 0.25) is 5.90 Å². The minimum Gasteiger partial charge on any atom is -0.467 e. The molecule has 0 radical (unpaired) electrons. The van der Waals surface area contributed by atoms with Gasteiger partial charge < -0.3 is 14.3 Å². The average molecular weight is 175 g/mol. The van der Waals surface area contributed by atoms with Crippen molar-refractivity contribution >= 4 is 11.9 Å². The van der Waals surface area contributed by atoms with Gasteiger partial charge in [0.05, 0.1) is 6.61 Å². The minimum atomic E-state index is -0.414. The Balaban J connectivity index is 3.53.